The molecule has 19 heavy (non-hydrogen) atoms. The highest BCUT2D eigenvalue weighted by atomic mass is 35.5. The van der Waals surface area contributed by atoms with Gasteiger partial charge in [-0.15, -0.1) is 0 Å². The average Bonchev–Trinajstić information content (AvgIpc) is 2.93. The summed E-state index contributed by atoms with van der Waals surface area (Å²) in [7, 11) is 0. The minimum atomic E-state index is 0.698. The van der Waals surface area contributed by atoms with E-state index in [1.54, 1.807) is 0 Å². The quantitative estimate of drug-likeness (QED) is 0.839. The smallest absolute Gasteiger partial charge is 0.0471 e. The zero-order chi connectivity index (χ0) is 13.7. The first-order valence-corrected chi connectivity index (χ1v) is 7.90. The minimum absolute atomic E-state index is 0.698. The van der Waals surface area contributed by atoms with Gasteiger partial charge in [0.05, 0.1) is 0 Å². The summed E-state index contributed by atoms with van der Waals surface area (Å²) in [6, 6.07) is 6.99. The van der Waals surface area contributed by atoms with E-state index in [0.29, 0.717) is 6.04 Å². The third-order valence-electron chi connectivity index (χ3n) is 4.06. The molecule has 0 radical (unpaired) electrons. The molecular weight excluding hydrogens is 256 g/mol. The van der Waals surface area contributed by atoms with E-state index in [4.69, 9.17) is 11.6 Å². The lowest BCUT2D eigenvalue weighted by atomic mass is 10.1. The van der Waals surface area contributed by atoms with Gasteiger partial charge in [0.15, 0.2) is 0 Å². The maximum absolute atomic E-state index is 6.41. The van der Waals surface area contributed by atoms with Crippen molar-refractivity contribution in [1.29, 1.82) is 0 Å². The van der Waals surface area contributed by atoms with Crippen molar-refractivity contribution in [2.45, 2.75) is 52.1 Å². The topological polar surface area (TPSA) is 15.3 Å². The molecule has 0 amide bonds. The molecular formula is C16H25ClN2. The number of hydrogen-bond acceptors (Lipinski definition) is 2. The fraction of sp³-hybridized carbons (Fsp3) is 0.625. The lowest BCUT2D eigenvalue weighted by molar-refractivity contribution is 0.614. The summed E-state index contributed by atoms with van der Waals surface area (Å²) in [5.74, 6) is 0. The first-order chi connectivity index (χ1) is 9.27. The first kappa shape index (κ1) is 14.7. The zero-order valence-electron chi connectivity index (χ0n) is 12.1. The Hall–Kier alpha value is -0.730. The van der Waals surface area contributed by atoms with Gasteiger partial charge in [0, 0.05) is 35.4 Å². The van der Waals surface area contributed by atoms with Crippen LogP contribution in [0.5, 0.6) is 0 Å². The Kier molecular flexibility index (Phi) is 5.53. The molecule has 1 aliphatic rings. The van der Waals surface area contributed by atoms with Crippen molar-refractivity contribution in [1.82, 2.24) is 5.32 Å². The normalized spacial score (nSPS) is 15.9. The molecule has 1 N–H and O–H groups in total. The SMILES string of the molecule is CCNCc1c(Cl)cccc1N(CC)C1CCCC1. The van der Waals surface area contributed by atoms with Gasteiger partial charge in [-0.1, -0.05) is 37.4 Å². The molecule has 0 heterocycles. The largest absolute Gasteiger partial charge is 0.369 e. The molecule has 0 saturated heterocycles. The molecule has 1 aliphatic carbocycles. The van der Waals surface area contributed by atoms with Crippen LogP contribution in [0, 0.1) is 0 Å². The van der Waals surface area contributed by atoms with Crippen molar-refractivity contribution >= 4 is 17.3 Å². The number of rotatable bonds is 6. The van der Waals surface area contributed by atoms with Crippen LogP contribution in [-0.4, -0.2) is 19.1 Å². The molecule has 3 heteroatoms. The standard InChI is InChI=1S/C16H25ClN2/c1-3-18-12-14-15(17)10-7-11-16(14)19(4-2)13-8-5-6-9-13/h7,10-11,13,18H,3-6,8-9,12H2,1-2H3. The number of nitrogens with one attached hydrogen (secondary N) is 1. The van der Waals surface area contributed by atoms with E-state index in [1.807, 2.05) is 6.07 Å². The Morgan fingerprint density at radius 3 is 2.63 bits per heavy atom. The summed E-state index contributed by atoms with van der Waals surface area (Å²) >= 11 is 6.41. The van der Waals surface area contributed by atoms with Crippen molar-refractivity contribution in [3.8, 4) is 0 Å². The molecule has 0 aliphatic heterocycles. The van der Waals surface area contributed by atoms with Crippen LogP contribution < -0.4 is 10.2 Å². The molecule has 1 saturated carbocycles. The van der Waals surface area contributed by atoms with Crippen molar-refractivity contribution in [3.63, 3.8) is 0 Å². The van der Waals surface area contributed by atoms with Crippen LogP contribution in [-0.2, 0) is 6.54 Å². The highest BCUT2D eigenvalue weighted by Crippen LogP contribution is 2.33. The first-order valence-electron chi connectivity index (χ1n) is 7.52. The number of halogens is 1. The summed E-state index contributed by atoms with van der Waals surface area (Å²) in [6.45, 7) is 7.26. The summed E-state index contributed by atoms with van der Waals surface area (Å²) in [5, 5.41) is 4.29. The van der Waals surface area contributed by atoms with Crippen molar-refractivity contribution in [2.24, 2.45) is 0 Å². The number of benzene rings is 1. The van der Waals surface area contributed by atoms with E-state index in [2.05, 4.69) is 36.2 Å². The van der Waals surface area contributed by atoms with E-state index in [1.165, 1.54) is 36.9 Å². The predicted octanol–water partition coefficient (Wildman–Crippen LogP) is 4.22. The zero-order valence-corrected chi connectivity index (χ0v) is 12.8. The monoisotopic (exact) mass is 280 g/mol. The van der Waals surface area contributed by atoms with Crippen LogP contribution in [0.2, 0.25) is 5.02 Å². The summed E-state index contributed by atoms with van der Waals surface area (Å²) < 4.78 is 0. The van der Waals surface area contributed by atoms with Gasteiger partial charge in [-0.2, -0.15) is 0 Å². The van der Waals surface area contributed by atoms with E-state index in [-0.39, 0.29) is 0 Å². The molecule has 2 rings (SSSR count). The van der Waals surface area contributed by atoms with Gasteiger partial charge >= 0.3 is 0 Å². The van der Waals surface area contributed by atoms with E-state index in [0.717, 1.165) is 24.7 Å². The lowest BCUT2D eigenvalue weighted by Gasteiger charge is -2.32. The highest BCUT2D eigenvalue weighted by Gasteiger charge is 2.23. The maximum atomic E-state index is 6.41. The lowest BCUT2D eigenvalue weighted by Crippen LogP contribution is -2.34. The Bertz CT molecular complexity index is 400. The van der Waals surface area contributed by atoms with Crippen LogP contribution in [0.4, 0.5) is 5.69 Å². The molecule has 0 unspecified atom stereocenters. The predicted molar refractivity (Wildman–Crippen MR) is 84.1 cm³/mol. The molecule has 1 aromatic carbocycles. The van der Waals surface area contributed by atoms with Gasteiger partial charge in [-0.3, -0.25) is 0 Å². The van der Waals surface area contributed by atoms with E-state index in [9.17, 15) is 0 Å². The van der Waals surface area contributed by atoms with Crippen molar-refractivity contribution in [2.75, 3.05) is 18.0 Å². The second-order valence-corrected chi connectivity index (χ2v) is 5.65. The van der Waals surface area contributed by atoms with Crippen LogP contribution >= 0.6 is 11.6 Å². The number of nitrogens with zero attached hydrogens (tertiary/aromatic N) is 1. The Balaban J connectivity index is 2.27. The van der Waals surface area contributed by atoms with Gasteiger partial charge in [0.2, 0.25) is 0 Å². The molecule has 0 spiro atoms. The third kappa shape index (κ3) is 3.43. The van der Waals surface area contributed by atoms with Crippen LogP contribution in [0.15, 0.2) is 18.2 Å². The molecule has 106 valence electrons. The number of hydrogen-bond donors (Lipinski definition) is 1. The van der Waals surface area contributed by atoms with E-state index >= 15 is 0 Å². The summed E-state index contributed by atoms with van der Waals surface area (Å²) in [5.41, 5.74) is 2.57. The Morgan fingerprint density at radius 2 is 2.00 bits per heavy atom. The fourth-order valence-corrected chi connectivity index (χ4v) is 3.32. The minimum Gasteiger partial charge on any atom is -0.369 e. The molecule has 0 bridgehead atoms. The second kappa shape index (κ2) is 7.16. The van der Waals surface area contributed by atoms with Crippen LogP contribution in [0.1, 0.15) is 45.1 Å². The number of anilines is 1. The van der Waals surface area contributed by atoms with Gasteiger partial charge in [-0.05, 0) is 38.4 Å². The van der Waals surface area contributed by atoms with E-state index < -0.39 is 0 Å². The van der Waals surface area contributed by atoms with Gasteiger partial charge in [-0.25, -0.2) is 0 Å². The van der Waals surface area contributed by atoms with Gasteiger partial charge in [0.1, 0.15) is 0 Å². The molecule has 1 fully saturated rings. The Labute approximate surface area is 122 Å². The molecule has 0 atom stereocenters. The van der Waals surface area contributed by atoms with Crippen LogP contribution in [0.25, 0.3) is 0 Å². The molecule has 2 nitrogen and oxygen atoms in total. The third-order valence-corrected chi connectivity index (χ3v) is 4.42. The average molecular weight is 281 g/mol. The highest BCUT2D eigenvalue weighted by molar-refractivity contribution is 6.31. The molecule has 1 aromatic rings. The van der Waals surface area contributed by atoms with Crippen LogP contribution in [0.3, 0.4) is 0 Å². The van der Waals surface area contributed by atoms with Gasteiger partial charge < -0.3 is 10.2 Å². The Morgan fingerprint density at radius 1 is 1.26 bits per heavy atom. The second-order valence-electron chi connectivity index (χ2n) is 5.24. The summed E-state index contributed by atoms with van der Waals surface area (Å²) in [6.07, 6.45) is 5.37. The van der Waals surface area contributed by atoms with Gasteiger partial charge in [0.25, 0.3) is 0 Å². The van der Waals surface area contributed by atoms with Crippen molar-refractivity contribution < 1.29 is 0 Å². The van der Waals surface area contributed by atoms with Crippen molar-refractivity contribution in [3.05, 3.63) is 28.8 Å². The molecule has 0 aromatic heterocycles. The summed E-state index contributed by atoms with van der Waals surface area (Å²) in [4.78, 5) is 2.55. The fourth-order valence-electron chi connectivity index (χ4n) is 3.08. The maximum Gasteiger partial charge on any atom is 0.0471 e.